The fourth-order valence-corrected chi connectivity index (χ4v) is 2.74. The summed E-state index contributed by atoms with van der Waals surface area (Å²) in [4.78, 5) is 14.4. The number of hydrogen-bond donors (Lipinski definition) is 1. The molecular weight excluding hydrogens is 254 g/mol. The van der Waals surface area contributed by atoms with Gasteiger partial charge in [-0.2, -0.15) is 0 Å². The summed E-state index contributed by atoms with van der Waals surface area (Å²) in [5, 5.41) is 7.02. The Hall–Kier alpha value is -1.36. The SMILES string of the molecule is CCCC(CNC(=O)c1onc2c1CCCC2)N(C)C. The maximum Gasteiger partial charge on any atom is 0.290 e. The van der Waals surface area contributed by atoms with Crippen molar-refractivity contribution in [2.45, 2.75) is 51.5 Å². The Morgan fingerprint density at radius 1 is 1.40 bits per heavy atom. The molecule has 1 unspecified atom stereocenters. The number of carbonyl (C=O) groups excluding carboxylic acids is 1. The summed E-state index contributed by atoms with van der Waals surface area (Å²) >= 11 is 0. The molecule has 1 N–H and O–H groups in total. The second-order valence-corrected chi connectivity index (χ2v) is 5.76. The highest BCUT2D eigenvalue weighted by Gasteiger charge is 2.24. The first kappa shape index (κ1) is 15.0. The van der Waals surface area contributed by atoms with Gasteiger partial charge in [-0.05, 0) is 46.2 Å². The Labute approximate surface area is 120 Å². The molecule has 0 spiro atoms. The molecular formula is C15H25N3O2. The second kappa shape index (κ2) is 6.88. The van der Waals surface area contributed by atoms with Crippen molar-refractivity contribution in [2.24, 2.45) is 0 Å². The molecule has 0 aliphatic heterocycles. The van der Waals surface area contributed by atoms with Crippen LogP contribution >= 0.6 is 0 Å². The molecule has 2 rings (SSSR count). The summed E-state index contributed by atoms with van der Waals surface area (Å²) < 4.78 is 5.26. The monoisotopic (exact) mass is 279 g/mol. The summed E-state index contributed by atoms with van der Waals surface area (Å²) in [7, 11) is 4.09. The van der Waals surface area contributed by atoms with Crippen molar-refractivity contribution in [1.82, 2.24) is 15.4 Å². The number of nitrogens with one attached hydrogen (secondary N) is 1. The van der Waals surface area contributed by atoms with Gasteiger partial charge in [0.2, 0.25) is 5.76 Å². The largest absolute Gasteiger partial charge is 0.350 e. The van der Waals surface area contributed by atoms with Crippen LogP contribution in [-0.2, 0) is 12.8 Å². The summed E-state index contributed by atoms with van der Waals surface area (Å²) in [6, 6.07) is 0.364. The third-order valence-electron chi connectivity index (χ3n) is 4.02. The van der Waals surface area contributed by atoms with Crippen LogP contribution in [0.15, 0.2) is 4.52 Å². The Kier molecular flexibility index (Phi) is 5.17. The normalized spacial score (nSPS) is 16.0. The number of likely N-dealkylation sites (N-methyl/N-ethyl adjacent to an activating group) is 1. The Morgan fingerprint density at radius 2 is 2.15 bits per heavy atom. The molecule has 0 saturated carbocycles. The highest BCUT2D eigenvalue weighted by molar-refractivity contribution is 5.93. The van der Waals surface area contributed by atoms with Gasteiger partial charge in [-0.25, -0.2) is 0 Å². The van der Waals surface area contributed by atoms with Crippen LogP contribution in [-0.4, -0.2) is 42.6 Å². The lowest BCUT2D eigenvalue weighted by molar-refractivity contribution is 0.0902. The number of aryl methyl sites for hydroxylation is 1. The molecule has 112 valence electrons. The first-order chi connectivity index (χ1) is 9.63. The third kappa shape index (κ3) is 3.39. The van der Waals surface area contributed by atoms with Crippen LogP contribution in [0.4, 0.5) is 0 Å². The average Bonchev–Trinajstić information content (AvgIpc) is 2.86. The van der Waals surface area contributed by atoms with Crippen LogP contribution in [0.5, 0.6) is 0 Å². The van der Waals surface area contributed by atoms with Crippen LogP contribution in [0.3, 0.4) is 0 Å². The van der Waals surface area contributed by atoms with Gasteiger partial charge in [0.1, 0.15) is 0 Å². The van der Waals surface area contributed by atoms with Crippen LogP contribution < -0.4 is 5.32 Å². The van der Waals surface area contributed by atoms with E-state index in [9.17, 15) is 4.79 Å². The number of nitrogens with zero attached hydrogens (tertiary/aromatic N) is 2. The van der Waals surface area contributed by atoms with Crippen LogP contribution in [0.2, 0.25) is 0 Å². The first-order valence-electron chi connectivity index (χ1n) is 7.55. The molecule has 0 aromatic carbocycles. The number of carbonyl (C=O) groups is 1. The number of hydrogen-bond acceptors (Lipinski definition) is 4. The molecule has 1 amide bonds. The van der Waals surface area contributed by atoms with E-state index in [1.807, 2.05) is 14.1 Å². The quantitative estimate of drug-likeness (QED) is 0.865. The molecule has 20 heavy (non-hydrogen) atoms. The van der Waals surface area contributed by atoms with Crippen molar-refractivity contribution in [3.63, 3.8) is 0 Å². The summed E-state index contributed by atoms with van der Waals surface area (Å²) in [5.74, 6) is 0.303. The zero-order valence-electron chi connectivity index (χ0n) is 12.7. The van der Waals surface area contributed by atoms with Crippen molar-refractivity contribution in [3.05, 3.63) is 17.0 Å². The van der Waals surface area contributed by atoms with E-state index in [1.54, 1.807) is 0 Å². The number of aromatic nitrogens is 1. The van der Waals surface area contributed by atoms with Gasteiger partial charge in [0, 0.05) is 18.2 Å². The minimum atomic E-state index is -0.122. The molecule has 0 saturated heterocycles. The highest BCUT2D eigenvalue weighted by atomic mass is 16.5. The topological polar surface area (TPSA) is 58.4 Å². The van der Waals surface area contributed by atoms with Crippen LogP contribution in [0, 0.1) is 0 Å². The molecule has 0 fully saturated rings. The minimum absolute atomic E-state index is 0.122. The van der Waals surface area contributed by atoms with Gasteiger partial charge in [0.15, 0.2) is 0 Å². The smallest absolute Gasteiger partial charge is 0.290 e. The van der Waals surface area contributed by atoms with Crippen molar-refractivity contribution in [3.8, 4) is 0 Å². The van der Waals surface area contributed by atoms with Gasteiger partial charge in [-0.3, -0.25) is 4.79 Å². The lowest BCUT2D eigenvalue weighted by atomic mass is 9.96. The third-order valence-corrected chi connectivity index (χ3v) is 4.02. The number of fused-ring (bicyclic) bond motifs is 1. The van der Waals surface area contributed by atoms with Gasteiger partial charge >= 0.3 is 0 Å². The van der Waals surface area contributed by atoms with E-state index in [2.05, 4.69) is 22.3 Å². The zero-order chi connectivity index (χ0) is 14.5. The van der Waals surface area contributed by atoms with Crippen molar-refractivity contribution < 1.29 is 9.32 Å². The molecule has 1 aliphatic rings. The summed E-state index contributed by atoms with van der Waals surface area (Å²) in [6.45, 7) is 2.81. The molecule has 5 nitrogen and oxygen atoms in total. The molecule has 1 atom stereocenters. The van der Waals surface area contributed by atoms with E-state index in [4.69, 9.17) is 4.52 Å². The van der Waals surface area contributed by atoms with E-state index in [-0.39, 0.29) is 5.91 Å². The number of amides is 1. The highest BCUT2D eigenvalue weighted by Crippen LogP contribution is 2.23. The first-order valence-corrected chi connectivity index (χ1v) is 7.55. The van der Waals surface area contributed by atoms with Crippen molar-refractivity contribution in [1.29, 1.82) is 0 Å². The van der Waals surface area contributed by atoms with E-state index >= 15 is 0 Å². The fraction of sp³-hybridized carbons (Fsp3) is 0.733. The molecule has 1 heterocycles. The Bertz CT molecular complexity index is 454. The molecule has 0 bridgehead atoms. The summed E-state index contributed by atoms with van der Waals surface area (Å²) in [5.41, 5.74) is 1.99. The number of rotatable bonds is 6. The Balaban J connectivity index is 1.96. The molecule has 1 aliphatic carbocycles. The van der Waals surface area contributed by atoms with Crippen LogP contribution in [0.25, 0.3) is 0 Å². The lowest BCUT2D eigenvalue weighted by Crippen LogP contribution is -2.40. The predicted molar refractivity (Wildman–Crippen MR) is 77.9 cm³/mol. The van der Waals surface area contributed by atoms with E-state index < -0.39 is 0 Å². The lowest BCUT2D eigenvalue weighted by Gasteiger charge is -2.23. The van der Waals surface area contributed by atoms with E-state index in [1.165, 1.54) is 0 Å². The molecule has 0 radical (unpaired) electrons. The van der Waals surface area contributed by atoms with Gasteiger partial charge < -0.3 is 14.7 Å². The maximum atomic E-state index is 12.2. The predicted octanol–water partition coefficient (Wildman–Crippen LogP) is 2.01. The van der Waals surface area contributed by atoms with E-state index in [0.717, 1.165) is 49.8 Å². The molecule has 5 heteroatoms. The van der Waals surface area contributed by atoms with Crippen LogP contribution in [0.1, 0.15) is 54.4 Å². The van der Waals surface area contributed by atoms with Gasteiger partial charge in [0.25, 0.3) is 5.91 Å². The standard InChI is InChI=1S/C15H25N3O2/c1-4-7-11(18(2)3)10-16-15(19)14-12-8-5-6-9-13(12)17-20-14/h11H,4-10H2,1-3H3,(H,16,19). The maximum absolute atomic E-state index is 12.2. The molecule has 1 aromatic heterocycles. The average molecular weight is 279 g/mol. The minimum Gasteiger partial charge on any atom is -0.350 e. The van der Waals surface area contributed by atoms with Crippen molar-refractivity contribution in [2.75, 3.05) is 20.6 Å². The summed E-state index contributed by atoms with van der Waals surface area (Å²) in [6.07, 6.45) is 6.28. The van der Waals surface area contributed by atoms with Crippen molar-refractivity contribution >= 4 is 5.91 Å². The Morgan fingerprint density at radius 3 is 2.85 bits per heavy atom. The van der Waals surface area contributed by atoms with Gasteiger partial charge in [-0.15, -0.1) is 0 Å². The van der Waals surface area contributed by atoms with E-state index in [0.29, 0.717) is 18.3 Å². The molecule has 1 aromatic rings. The van der Waals surface area contributed by atoms with Gasteiger partial charge in [0.05, 0.1) is 5.69 Å². The zero-order valence-corrected chi connectivity index (χ0v) is 12.7. The van der Waals surface area contributed by atoms with Gasteiger partial charge in [-0.1, -0.05) is 18.5 Å². The second-order valence-electron chi connectivity index (χ2n) is 5.76. The fourth-order valence-electron chi connectivity index (χ4n) is 2.74.